The molecule has 1 aromatic carbocycles. The highest BCUT2D eigenvalue weighted by Gasteiger charge is 2.07. The summed E-state index contributed by atoms with van der Waals surface area (Å²) in [7, 11) is 0. The second-order valence-electron chi connectivity index (χ2n) is 4.16. The van der Waals surface area contributed by atoms with E-state index in [1.165, 1.54) is 0 Å². The molecule has 0 saturated carbocycles. The molecular formula is C14H13N5S. The van der Waals surface area contributed by atoms with Crippen molar-refractivity contribution in [2.45, 2.75) is 6.54 Å². The molecule has 0 atom stereocenters. The van der Waals surface area contributed by atoms with Gasteiger partial charge in [0, 0.05) is 6.54 Å². The van der Waals surface area contributed by atoms with E-state index in [4.69, 9.17) is 5.73 Å². The maximum Gasteiger partial charge on any atom is 0.228 e. The fourth-order valence-corrected chi connectivity index (χ4v) is 2.42. The van der Waals surface area contributed by atoms with Crippen molar-refractivity contribution in [2.75, 3.05) is 11.1 Å². The molecule has 0 amide bonds. The molecule has 0 aliphatic carbocycles. The zero-order valence-electron chi connectivity index (χ0n) is 10.7. The quantitative estimate of drug-likeness (QED) is 0.770. The van der Waals surface area contributed by atoms with Crippen LogP contribution in [0.4, 0.5) is 11.9 Å². The molecule has 20 heavy (non-hydrogen) atoms. The average molecular weight is 283 g/mol. The zero-order chi connectivity index (χ0) is 13.8. The first-order chi connectivity index (χ1) is 9.81. The van der Waals surface area contributed by atoms with E-state index in [9.17, 15) is 0 Å². The Morgan fingerprint density at radius 2 is 1.85 bits per heavy atom. The molecule has 0 unspecified atom stereocenters. The predicted molar refractivity (Wildman–Crippen MR) is 81.3 cm³/mol. The Balaban J connectivity index is 1.80. The average Bonchev–Trinajstić information content (AvgIpc) is 3.00. The summed E-state index contributed by atoms with van der Waals surface area (Å²) in [6, 6.07) is 14.0. The summed E-state index contributed by atoms with van der Waals surface area (Å²) in [6.07, 6.45) is 0. The summed E-state index contributed by atoms with van der Waals surface area (Å²) in [6.45, 7) is 0.647. The lowest BCUT2D eigenvalue weighted by Crippen LogP contribution is -2.07. The fraction of sp³-hybridized carbons (Fsp3) is 0.0714. The van der Waals surface area contributed by atoms with E-state index in [1.807, 2.05) is 47.8 Å². The first-order valence-electron chi connectivity index (χ1n) is 6.14. The Morgan fingerprint density at radius 1 is 1.00 bits per heavy atom. The van der Waals surface area contributed by atoms with Crippen molar-refractivity contribution in [3.63, 3.8) is 0 Å². The number of rotatable bonds is 4. The van der Waals surface area contributed by atoms with Gasteiger partial charge in [0.15, 0.2) is 5.82 Å². The lowest BCUT2D eigenvalue weighted by molar-refractivity contribution is 1.02. The second kappa shape index (κ2) is 5.66. The molecule has 0 aliphatic heterocycles. The summed E-state index contributed by atoms with van der Waals surface area (Å²) < 4.78 is 0. The van der Waals surface area contributed by atoms with Crippen molar-refractivity contribution < 1.29 is 0 Å². The lowest BCUT2D eigenvalue weighted by Gasteiger charge is -2.06. The minimum absolute atomic E-state index is 0.221. The van der Waals surface area contributed by atoms with Crippen LogP contribution in [-0.2, 0) is 6.54 Å². The van der Waals surface area contributed by atoms with E-state index in [0.29, 0.717) is 18.3 Å². The molecular weight excluding hydrogens is 270 g/mol. The molecule has 0 saturated heterocycles. The molecule has 0 fully saturated rings. The molecule has 3 aromatic rings. The van der Waals surface area contributed by atoms with E-state index >= 15 is 0 Å². The van der Waals surface area contributed by atoms with Gasteiger partial charge in [-0.15, -0.1) is 11.3 Å². The highest BCUT2D eigenvalue weighted by Crippen LogP contribution is 2.22. The van der Waals surface area contributed by atoms with Crippen LogP contribution in [0, 0.1) is 0 Å². The predicted octanol–water partition coefficient (Wildman–Crippen LogP) is 2.79. The van der Waals surface area contributed by atoms with Crippen molar-refractivity contribution in [1.82, 2.24) is 15.0 Å². The maximum absolute atomic E-state index is 5.74. The molecule has 6 heteroatoms. The Kier molecular flexibility index (Phi) is 3.56. The molecule has 0 radical (unpaired) electrons. The number of benzene rings is 1. The highest BCUT2D eigenvalue weighted by atomic mass is 32.1. The number of nitrogens with zero attached hydrogens (tertiary/aromatic N) is 3. The topological polar surface area (TPSA) is 76.7 Å². The molecule has 0 spiro atoms. The van der Waals surface area contributed by atoms with Crippen LogP contribution < -0.4 is 11.1 Å². The van der Waals surface area contributed by atoms with E-state index in [1.54, 1.807) is 11.3 Å². The van der Waals surface area contributed by atoms with Gasteiger partial charge in [-0.25, -0.2) is 0 Å². The van der Waals surface area contributed by atoms with Crippen LogP contribution in [0.15, 0.2) is 47.8 Å². The van der Waals surface area contributed by atoms with Crippen molar-refractivity contribution >= 4 is 23.2 Å². The third kappa shape index (κ3) is 2.92. The van der Waals surface area contributed by atoms with E-state index in [-0.39, 0.29) is 5.95 Å². The van der Waals surface area contributed by atoms with Gasteiger partial charge in [0.1, 0.15) is 0 Å². The number of nitrogen functional groups attached to an aromatic ring is 1. The zero-order valence-corrected chi connectivity index (χ0v) is 11.5. The smallest absolute Gasteiger partial charge is 0.228 e. The summed E-state index contributed by atoms with van der Waals surface area (Å²) in [4.78, 5) is 13.6. The Labute approximate surface area is 120 Å². The summed E-state index contributed by atoms with van der Waals surface area (Å²) in [5, 5.41) is 5.15. The van der Waals surface area contributed by atoms with E-state index in [0.717, 1.165) is 10.4 Å². The third-order valence-electron chi connectivity index (χ3n) is 2.69. The lowest BCUT2D eigenvalue weighted by atomic mass is 10.2. The molecule has 100 valence electrons. The van der Waals surface area contributed by atoms with Crippen molar-refractivity contribution in [3.05, 3.63) is 53.4 Å². The van der Waals surface area contributed by atoms with Crippen LogP contribution in [0.1, 0.15) is 5.56 Å². The van der Waals surface area contributed by atoms with Gasteiger partial charge < -0.3 is 11.1 Å². The Bertz CT molecular complexity index is 682. The largest absolute Gasteiger partial charge is 0.368 e. The standard InChI is InChI=1S/C14H13N5S/c15-13-17-12(11-7-4-8-20-11)18-14(19-13)16-9-10-5-2-1-3-6-10/h1-8H,9H2,(H3,15,16,17,18,19). The van der Waals surface area contributed by atoms with Gasteiger partial charge in [0.05, 0.1) is 4.88 Å². The first kappa shape index (κ1) is 12.6. The van der Waals surface area contributed by atoms with Gasteiger partial charge in [-0.2, -0.15) is 15.0 Å². The number of nitrogens with two attached hydrogens (primary N) is 1. The molecule has 3 N–H and O–H groups in total. The number of nitrogens with one attached hydrogen (secondary N) is 1. The fourth-order valence-electron chi connectivity index (χ4n) is 1.76. The molecule has 0 aliphatic rings. The van der Waals surface area contributed by atoms with Crippen LogP contribution in [0.5, 0.6) is 0 Å². The Hall–Kier alpha value is -2.47. The Morgan fingerprint density at radius 3 is 2.60 bits per heavy atom. The van der Waals surface area contributed by atoms with Gasteiger partial charge >= 0.3 is 0 Å². The monoisotopic (exact) mass is 283 g/mol. The van der Waals surface area contributed by atoms with Crippen LogP contribution in [0.2, 0.25) is 0 Å². The first-order valence-corrected chi connectivity index (χ1v) is 7.02. The number of hydrogen-bond donors (Lipinski definition) is 2. The number of anilines is 2. The summed E-state index contributed by atoms with van der Waals surface area (Å²) in [5.74, 6) is 1.31. The molecule has 0 bridgehead atoms. The molecule has 5 nitrogen and oxygen atoms in total. The van der Waals surface area contributed by atoms with Crippen LogP contribution in [0.25, 0.3) is 10.7 Å². The van der Waals surface area contributed by atoms with Gasteiger partial charge in [0.25, 0.3) is 0 Å². The normalized spacial score (nSPS) is 10.4. The van der Waals surface area contributed by atoms with Crippen molar-refractivity contribution in [2.24, 2.45) is 0 Å². The molecule has 3 rings (SSSR count). The number of aromatic nitrogens is 3. The van der Waals surface area contributed by atoms with E-state index < -0.39 is 0 Å². The summed E-state index contributed by atoms with van der Waals surface area (Å²) >= 11 is 1.57. The molecule has 2 aromatic heterocycles. The van der Waals surface area contributed by atoms with Gasteiger partial charge in [-0.05, 0) is 17.0 Å². The highest BCUT2D eigenvalue weighted by molar-refractivity contribution is 7.13. The summed E-state index contributed by atoms with van der Waals surface area (Å²) in [5.41, 5.74) is 6.89. The number of hydrogen-bond acceptors (Lipinski definition) is 6. The molecule has 2 heterocycles. The van der Waals surface area contributed by atoms with Crippen LogP contribution >= 0.6 is 11.3 Å². The van der Waals surface area contributed by atoms with Gasteiger partial charge in [0.2, 0.25) is 11.9 Å². The van der Waals surface area contributed by atoms with Crippen LogP contribution in [-0.4, -0.2) is 15.0 Å². The van der Waals surface area contributed by atoms with E-state index in [2.05, 4.69) is 20.3 Å². The maximum atomic E-state index is 5.74. The SMILES string of the molecule is Nc1nc(NCc2ccccc2)nc(-c2cccs2)n1. The van der Waals surface area contributed by atoms with Gasteiger partial charge in [-0.3, -0.25) is 0 Å². The minimum atomic E-state index is 0.221. The van der Waals surface area contributed by atoms with Gasteiger partial charge in [-0.1, -0.05) is 36.4 Å². The third-order valence-corrected chi connectivity index (χ3v) is 3.55. The van der Waals surface area contributed by atoms with Crippen molar-refractivity contribution in [3.8, 4) is 10.7 Å². The van der Waals surface area contributed by atoms with Crippen molar-refractivity contribution in [1.29, 1.82) is 0 Å². The second-order valence-corrected chi connectivity index (χ2v) is 5.10. The van der Waals surface area contributed by atoms with Crippen LogP contribution in [0.3, 0.4) is 0 Å². The minimum Gasteiger partial charge on any atom is -0.368 e. The number of thiophene rings is 1.